The minimum Gasteiger partial charge on any atom is -0.458 e. The van der Waals surface area contributed by atoms with Crippen molar-refractivity contribution < 1.29 is 62.8 Å². The van der Waals surface area contributed by atoms with Crippen LogP contribution in [0.2, 0.25) is 0 Å². The lowest BCUT2D eigenvalue weighted by Crippen LogP contribution is -2.61. The number of aliphatic hydroxyl groups is 3. The second kappa shape index (κ2) is 17.1. The van der Waals surface area contributed by atoms with Gasteiger partial charge in [-0.15, -0.1) is 0 Å². The maximum absolute atomic E-state index is 14.1. The van der Waals surface area contributed by atoms with Crippen molar-refractivity contribution in [3.63, 3.8) is 0 Å². The molecule has 308 valence electrons. The third kappa shape index (κ3) is 8.68. The molecule has 0 radical (unpaired) electrons. The number of likely N-dealkylation sites (N-methyl/N-ethyl adjacent to an activating group) is 1. The van der Waals surface area contributed by atoms with Gasteiger partial charge in [0.05, 0.1) is 47.6 Å². The lowest BCUT2D eigenvalue weighted by molar-refractivity contribution is -0.322. The summed E-state index contributed by atoms with van der Waals surface area (Å²) < 4.78 is 50.9. The Hall–Kier alpha value is -1.30. The quantitative estimate of drug-likeness (QED) is 0.293. The minimum absolute atomic E-state index is 0.0374. The zero-order valence-electron chi connectivity index (χ0n) is 34.4. The highest BCUT2D eigenvalue weighted by molar-refractivity contribution is 5.84. The van der Waals surface area contributed by atoms with Gasteiger partial charge in [0.2, 0.25) is 0 Å². The number of ketones is 1. The number of carbonyl (C=O) groups is 2. The van der Waals surface area contributed by atoms with Crippen LogP contribution < -0.4 is 0 Å². The van der Waals surface area contributed by atoms with E-state index in [1.807, 2.05) is 41.8 Å². The van der Waals surface area contributed by atoms with Crippen LogP contribution in [-0.4, -0.2) is 151 Å². The lowest BCUT2D eigenvalue weighted by atomic mass is 9.75. The molecule has 4 rings (SSSR count). The van der Waals surface area contributed by atoms with Crippen molar-refractivity contribution in [2.75, 3.05) is 34.9 Å². The van der Waals surface area contributed by atoms with Crippen LogP contribution in [-0.2, 0) is 47.5 Å². The van der Waals surface area contributed by atoms with Crippen molar-refractivity contribution in [2.45, 2.75) is 173 Å². The number of rotatable bonds is 9. The molecule has 0 aromatic carbocycles. The van der Waals surface area contributed by atoms with E-state index in [-0.39, 0.29) is 30.8 Å². The van der Waals surface area contributed by atoms with Gasteiger partial charge in [-0.1, -0.05) is 27.7 Å². The number of carbonyl (C=O) groups excluding carboxylic acids is 2. The van der Waals surface area contributed by atoms with Crippen LogP contribution in [0, 0.1) is 29.6 Å². The first-order valence-corrected chi connectivity index (χ1v) is 19.4. The van der Waals surface area contributed by atoms with Gasteiger partial charge in [0.1, 0.15) is 29.7 Å². The average Bonchev–Trinajstić information content (AvgIpc) is 3.64. The molecule has 3 saturated heterocycles. The summed E-state index contributed by atoms with van der Waals surface area (Å²) in [5.74, 6) is -4.75. The van der Waals surface area contributed by atoms with Gasteiger partial charge < -0.3 is 58.1 Å². The van der Waals surface area contributed by atoms with Crippen LogP contribution in [0.5, 0.6) is 0 Å². The largest absolute Gasteiger partial charge is 0.458 e. The van der Waals surface area contributed by atoms with Crippen molar-refractivity contribution in [1.82, 2.24) is 4.90 Å². The molecule has 1 saturated carbocycles. The maximum atomic E-state index is 14.1. The van der Waals surface area contributed by atoms with Crippen molar-refractivity contribution >= 4 is 11.8 Å². The Kier molecular flexibility index (Phi) is 14.3. The van der Waals surface area contributed by atoms with E-state index in [9.17, 15) is 24.9 Å². The fourth-order valence-electron chi connectivity index (χ4n) is 9.18. The molecule has 14 nitrogen and oxygen atoms in total. The van der Waals surface area contributed by atoms with Crippen LogP contribution in [0.15, 0.2) is 0 Å². The summed E-state index contributed by atoms with van der Waals surface area (Å²) in [5, 5.41) is 33.9. The highest BCUT2D eigenvalue weighted by Gasteiger charge is 2.70. The lowest BCUT2D eigenvalue weighted by Gasteiger charge is -2.50. The molecule has 19 atom stereocenters. The first kappa shape index (κ1) is 44.4. The molecule has 1 unspecified atom stereocenters. The molecular formula is C39H69NO13. The van der Waals surface area contributed by atoms with Crippen LogP contribution >= 0.6 is 0 Å². The molecule has 4 aliphatic rings. The standard InChI is InChI=1S/C39H69NO13/c1-15-48-30-26(40(11)12)16-20(3)49-36(30)53-33-22(5)29(51-27-18-37(9,46-13)32(43)25(8)50-27)23(6)35(44)52-34-24(7)39(34,45)31(42)21(4)28(41)19(2)17-38(33,10)47-14/h19-27,29-34,36,42-43,45H,15-18H2,1-14H3/t19-,20-,21+,22+,23-,24?,25+,26+,27-,29+,30-,31-,32+,33-,34-,36+,37-,38+,39+/m1/s1. The zero-order chi connectivity index (χ0) is 40.0. The van der Waals surface area contributed by atoms with Crippen molar-refractivity contribution in [2.24, 2.45) is 29.6 Å². The molecule has 4 fully saturated rings. The number of hydrogen-bond acceptors (Lipinski definition) is 14. The summed E-state index contributed by atoms with van der Waals surface area (Å²) in [6, 6.07) is -0.0374. The average molecular weight is 760 g/mol. The Bertz CT molecular complexity index is 1260. The summed E-state index contributed by atoms with van der Waals surface area (Å²) in [6.07, 6.45) is -7.31. The Morgan fingerprint density at radius 1 is 0.849 bits per heavy atom. The molecule has 0 bridgehead atoms. The van der Waals surface area contributed by atoms with Crippen molar-refractivity contribution in [3.8, 4) is 0 Å². The Morgan fingerprint density at radius 3 is 2.04 bits per heavy atom. The van der Waals surface area contributed by atoms with E-state index < -0.39 is 108 Å². The molecule has 0 amide bonds. The topological polar surface area (TPSA) is 172 Å². The number of nitrogens with zero attached hydrogens (tertiary/aromatic N) is 1. The van der Waals surface area contributed by atoms with Crippen LogP contribution in [0.4, 0.5) is 0 Å². The van der Waals surface area contributed by atoms with Gasteiger partial charge >= 0.3 is 5.97 Å². The second-order valence-corrected chi connectivity index (χ2v) is 17.0. The van der Waals surface area contributed by atoms with Gasteiger partial charge in [-0.3, -0.25) is 9.59 Å². The molecule has 1 aliphatic carbocycles. The summed E-state index contributed by atoms with van der Waals surface area (Å²) >= 11 is 0. The van der Waals surface area contributed by atoms with Crippen LogP contribution in [0.1, 0.15) is 88.5 Å². The summed E-state index contributed by atoms with van der Waals surface area (Å²) in [4.78, 5) is 30.3. The van der Waals surface area contributed by atoms with Crippen LogP contribution in [0.25, 0.3) is 0 Å². The SMILES string of the molecule is CCO[C@H]1[C@H](O[C@@H]2[C@@H](C)[C@H](O[C@@H]3C[C@@](C)(OC)[C@@H](O)[C@H](C)O3)[C@@H](C)C(=O)O[C@@H]3C(C)[C@]3(O)[C@H](O)[C@@H](C)C(=O)[C@H](C)C[C@]2(C)OC)O[C@H](C)C[C@@H]1N(C)C. The van der Waals surface area contributed by atoms with Crippen molar-refractivity contribution in [3.05, 3.63) is 0 Å². The minimum atomic E-state index is -1.79. The molecule has 3 N–H and O–H groups in total. The predicted molar refractivity (Wildman–Crippen MR) is 194 cm³/mol. The van der Waals surface area contributed by atoms with E-state index in [0.717, 1.165) is 0 Å². The molecule has 14 heteroatoms. The normalized spacial score (nSPS) is 50.3. The predicted octanol–water partition coefficient (Wildman–Crippen LogP) is 2.70. The fraction of sp³-hybridized carbons (Fsp3) is 0.949. The maximum Gasteiger partial charge on any atom is 0.311 e. The smallest absolute Gasteiger partial charge is 0.311 e. The third-order valence-corrected chi connectivity index (χ3v) is 13.0. The molecular weight excluding hydrogens is 690 g/mol. The summed E-state index contributed by atoms with van der Waals surface area (Å²) in [5.41, 5.74) is -3.99. The molecule has 0 aromatic heterocycles. The van der Waals surface area contributed by atoms with E-state index in [2.05, 4.69) is 4.90 Å². The molecule has 0 spiro atoms. The van der Waals surface area contributed by atoms with E-state index >= 15 is 0 Å². The molecule has 0 aromatic rings. The highest BCUT2D eigenvalue weighted by Crippen LogP contribution is 2.51. The van der Waals surface area contributed by atoms with Gasteiger partial charge in [-0.25, -0.2) is 0 Å². The summed E-state index contributed by atoms with van der Waals surface area (Å²) in [6.45, 7) is 18.3. The number of ether oxygens (including phenoxy) is 8. The number of fused-ring (bicyclic) bond motifs is 1. The number of esters is 1. The molecule has 3 aliphatic heterocycles. The second-order valence-electron chi connectivity index (χ2n) is 17.0. The number of Topliss-reactive ketones (excluding diaryl/α,β-unsaturated/α-hetero) is 1. The van der Waals surface area contributed by atoms with E-state index in [1.54, 1.807) is 48.7 Å². The summed E-state index contributed by atoms with van der Waals surface area (Å²) in [7, 11) is 7.06. The third-order valence-electron chi connectivity index (χ3n) is 13.0. The van der Waals surface area contributed by atoms with Crippen LogP contribution in [0.3, 0.4) is 0 Å². The Balaban J connectivity index is 1.85. The first-order valence-electron chi connectivity index (χ1n) is 19.4. The van der Waals surface area contributed by atoms with Gasteiger partial charge in [-0.05, 0) is 68.5 Å². The molecule has 3 heterocycles. The Morgan fingerprint density at radius 2 is 1.47 bits per heavy atom. The first-order chi connectivity index (χ1) is 24.6. The zero-order valence-corrected chi connectivity index (χ0v) is 34.4. The van der Waals surface area contributed by atoms with Gasteiger partial charge in [-0.2, -0.15) is 0 Å². The van der Waals surface area contributed by atoms with Gasteiger partial charge in [0, 0.05) is 57.0 Å². The van der Waals surface area contributed by atoms with E-state index in [1.165, 1.54) is 7.11 Å². The monoisotopic (exact) mass is 759 g/mol. The Labute approximate surface area is 316 Å². The van der Waals surface area contributed by atoms with Crippen molar-refractivity contribution in [1.29, 1.82) is 0 Å². The fourth-order valence-corrected chi connectivity index (χ4v) is 9.18. The highest BCUT2D eigenvalue weighted by atomic mass is 16.7. The number of hydrogen-bond donors (Lipinski definition) is 3. The van der Waals surface area contributed by atoms with Gasteiger partial charge in [0.25, 0.3) is 0 Å². The van der Waals surface area contributed by atoms with Gasteiger partial charge in [0.15, 0.2) is 12.6 Å². The van der Waals surface area contributed by atoms with E-state index in [4.69, 9.17) is 37.9 Å². The number of aliphatic hydroxyl groups excluding tert-OH is 2. The van der Waals surface area contributed by atoms with E-state index in [0.29, 0.717) is 13.0 Å². The number of methoxy groups -OCH3 is 2. The molecule has 53 heavy (non-hydrogen) atoms.